The van der Waals surface area contributed by atoms with Gasteiger partial charge in [-0.2, -0.15) is 0 Å². The fraction of sp³-hybridized carbons (Fsp3) is 0.800. The summed E-state index contributed by atoms with van der Waals surface area (Å²) in [6.45, 7) is 4.94. The van der Waals surface area contributed by atoms with Crippen molar-refractivity contribution in [2.24, 2.45) is 13.0 Å². The summed E-state index contributed by atoms with van der Waals surface area (Å²) in [5.41, 5.74) is 0. The highest BCUT2D eigenvalue weighted by Gasteiger charge is 2.28. The predicted octanol–water partition coefficient (Wildman–Crippen LogP) is 1.43. The van der Waals surface area contributed by atoms with E-state index in [1.807, 2.05) is 12.4 Å². The molecular formula is C15H26N4. The van der Waals surface area contributed by atoms with Crippen molar-refractivity contribution in [2.45, 2.75) is 38.1 Å². The number of nitrogens with one attached hydrogen (secondary N) is 1. The van der Waals surface area contributed by atoms with Gasteiger partial charge in [0.1, 0.15) is 5.82 Å². The van der Waals surface area contributed by atoms with E-state index in [1.165, 1.54) is 51.1 Å². The van der Waals surface area contributed by atoms with Gasteiger partial charge in [-0.3, -0.25) is 0 Å². The van der Waals surface area contributed by atoms with Gasteiger partial charge in [-0.15, -0.1) is 0 Å². The van der Waals surface area contributed by atoms with Gasteiger partial charge in [0, 0.05) is 38.4 Å². The Balaban J connectivity index is 1.41. The number of aryl methyl sites for hydroxylation is 1. The monoisotopic (exact) mass is 262 g/mol. The van der Waals surface area contributed by atoms with Gasteiger partial charge in [0.05, 0.1) is 0 Å². The minimum atomic E-state index is 0.816. The van der Waals surface area contributed by atoms with Crippen LogP contribution in [0.5, 0.6) is 0 Å². The lowest BCUT2D eigenvalue weighted by Gasteiger charge is -2.34. The van der Waals surface area contributed by atoms with Crippen LogP contribution in [0.3, 0.4) is 0 Å². The molecule has 1 aromatic rings. The van der Waals surface area contributed by atoms with E-state index in [0.717, 1.165) is 24.9 Å². The highest BCUT2D eigenvalue weighted by Crippen LogP contribution is 2.25. The molecule has 0 aliphatic carbocycles. The summed E-state index contributed by atoms with van der Waals surface area (Å²) in [5, 5.41) is 3.67. The summed E-state index contributed by atoms with van der Waals surface area (Å²) in [6, 6.07) is 0.816. The molecule has 1 atom stereocenters. The molecule has 2 fully saturated rings. The Morgan fingerprint density at radius 3 is 2.79 bits per heavy atom. The van der Waals surface area contributed by atoms with E-state index < -0.39 is 0 Å². The zero-order valence-corrected chi connectivity index (χ0v) is 12.0. The molecule has 1 unspecified atom stereocenters. The molecule has 0 spiro atoms. The fourth-order valence-electron chi connectivity index (χ4n) is 3.59. The zero-order chi connectivity index (χ0) is 13.1. The first-order valence-corrected chi connectivity index (χ1v) is 7.75. The fourth-order valence-corrected chi connectivity index (χ4v) is 3.59. The van der Waals surface area contributed by atoms with Crippen LogP contribution in [0.25, 0.3) is 0 Å². The molecule has 2 saturated heterocycles. The first-order chi connectivity index (χ1) is 9.33. The first kappa shape index (κ1) is 13.1. The third-order valence-corrected chi connectivity index (χ3v) is 4.87. The van der Waals surface area contributed by atoms with Crippen molar-refractivity contribution in [2.75, 3.05) is 26.2 Å². The van der Waals surface area contributed by atoms with E-state index in [1.54, 1.807) is 0 Å². The van der Waals surface area contributed by atoms with Crippen molar-refractivity contribution < 1.29 is 0 Å². The minimum absolute atomic E-state index is 0.816. The van der Waals surface area contributed by atoms with E-state index >= 15 is 0 Å². The topological polar surface area (TPSA) is 33.1 Å². The van der Waals surface area contributed by atoms with Gasteiger partial charge >= 0.3 is 0 Å². The third kappa shape index (κ3) is 3.18. The number of rotatable bonds is 4. The zero-order valence-electron chi connectivity index (χ0n) is 12.0. The Kier molecular flexibility index (Phi) is 4.18. The van der Waals surface area contributed by atoms with Crippen molar-refractivity contribution in [1.82, 2.24) is 19.8 Å². The van der Waals surface area contributed by atoms with Gasteiger partial charge in [-0.1, -0.05) is 0 Å². The van der Waals surface area contributed by atoms with Crippen LogP contribution in [-0.2, 0) is 13.5 Å². The van der Waals surface area contributed by atoms with E-state index in [4.69, 9.17) is 0 Å². The molecule has 4 nitrogen and oxygen atoms in total. The molecule has 2 aliphatic heterocycles. The van der Waals surface area contributed by atoms with Gasteiger partial charge in [-0.25, -0.2) is 4.98 Å². The second-order valence-corrected chi connectivity index (χ2v) is 6.09. The summed E-state index contributed by atoms with van der Waals surface area (Å²) in [5.74, 6) is 2.13. The molecule has 0 aromatic carbocycles. The normalized spacial score (nSPS) is 26.1. The Bertz CT molecular complexity index is 387. The summed E-state index contributed by atoms with van der Waals surface area (Å²) in [4.78, 5) is 7.02. The number of nitrogens with zero attached hydrogens (tertiary/aromatic N) is 3. The van der Waals surface area contributed by atoms with Crippen molar-refractivity contribution in [1.29, 1.82) is 0 Å². The van der Waals surface area contributed by atoms with Crippen molar-refractivity contribution >= 4 is 0 Å². The highest BCUT2D eigenvalue weighted by molar-refractivity contribution is 4.92. The van der Waals surface area contributed by atoms with E-state index in [2.05, 4.69) is 26.8 Å². The lowest BCUT2D eigenvalue weighted by Crippen LogP contribution is -2.41. The molecule has 0 bridgehead atoms. The van der Waals surface area contributed by atoms with Crippen LogP contribution in [0.2, 0.25) is 0 Å². The average Bonchev–Trinajstić information content (AvgIpc) is 3.09. The Morgan fingerprint density at radius 1 is 1.32 bits per heavy atom. The minimum Gasteiger partial charge on any atom is -0.338 e. The van der Waals surface area contributed by atoms with Gasteiger partial charge in [-0.05, 0) is 51.2 Å². The van der Waals surface area contributed by atoms with E-state index in [-0.39, 0.29) is 0 Å². The summed E-state index contributed by atoms with van der Waals surface area (Å²) in [6.07, 6.45) is 10.5. The summed E-state index contributed by atoms with van der Waals surface area (Å²) >= 11 is 0. The van der Waals surface area contributed by atoms with E-state index in [9.17, 15) is 0 Å². The molecular weight excluding hydrogens is 236 g/mol. The second kappa shape index (κ2) is 6.06. The summed E-state index contributed by atoms with van der Waals surface area (Å²) < 4.78 is 2.13. The molecule has 3 rings (SSSR count). The maximum absolute atomic E-state index is 4.40. The molecule has 3 heterocycles. The molecule has 0 radical (unpaired) electrons. The van der Waals surface area contributed by atoms with Gasteiger partial charge < -0.3 is 14.8 Å². The molecule has 19 heavy (non-hydrogen) atoms. The van der Waals surface area contributed by atoms with Gasteiger partial charge in [0.2, 0.25) is 0 Å². The lowest BCUT2D eigenvalue weighted by molar-refractivity contribution is 0.164. The van der Waals surface area contributed by atoms with Crippen LogP contribution < -0.4 is 5.32 Å². The van der Waals surface area contributed by atoms with E-state index in [0.29, 0.717) is 0 Å². The smallest absolute Gasteiger partial charge is 0.109 e. The average molecular weight is 262 g/mol. The molecule has 1 N–H and O–H groups in total. The maximum Gasteiger partial charge on any atom is 0.109 e. The standard InChI is InChI=1S/C15H26N4/c1-18-12-8-17-15(18)6-11-19-9-4-13(5-10-19)14-3-2-7-16-14/h8,12-14,16H,2-7,9-11H2,1H3. The van der Waals surface area contributed by atoms with Crippen LogP contribution in [-0.4, -0.2) is 46.7 Å². The Hall–Kier alpha value is -0.870. The maximum atomic E-state index is 4.40. The first-order valence-electron chi connectivity index (χ1n) is 7.75. The van der Waals surface area contributed by atoms with Gasteiger partial charge in [0.15, 0.2) is 0 Å². The van der Waals surface area contributed by atoms with Gasteiger partial charge in [0.25, 0.3) is 0 Å². The SMILES string of the molecule is Cn1ccnc1CCN1CCC(C2CCCN2)CC1. The lowest BCUT2D eigenvalue weighted by atomic mass is 9.88. The number of aromatic nitrogens is 2. The molecule has 0 amide bonds. The van der Waals surface area contributed by atoms with Crippen LogP contribution in [0.15, 0.2) is 12.4 Å². The summed E-state index contributed by atoms with van der Waals surface area (Å²) in [7, 11) is 2.08. The number of piperidine rings is 1. The van der Waals surface area contributed by atoms with Crippen molar-refractivity contribution in [3.63, 3.8) is 0 Å². The van der Waals surface area contributed by atoms with Crippen LogP contribution in [0, 0.1) is 5.92 Å². The molecule has 1 aromatic heterocycles. The Morgan fingerprint density at radius 2 is 2.16 bits per heavy atom. The Labute approximate surface area is 116 Å². The molecule has 106 valence electrons. The van der Waals surface area contributed by atoms with Crippen LogP contribution in [0.1, 0.15) is 31.5 Å². The molecule has 4 heteroatoms. The largest absolute Gasteiger partial charge is 0.338 e. The van der Waals surface area contributed by atoms with Crippen molar-refractivity contribution in [3.8, 4) is 0 Å². The highest BCUT2D eigenvalue weighted by atomic mass is 15.1. The third-order valence-electron chi connectivity index (χ3n) is 4.87. The number of imidazole rings is 1. The molecule has 2 aliphatic rings. The predicted molar refractivity (Wildman–Crippen MR) is 77.1 cm³/mol. The number of likely N-dealkylation sites (tertiary alicyclic amines) is 1. The quantitative estimate of drug-likeness (QED) is 0.891. The number of hydrogen-bond acceptors (Lipinski definition) is 3. The van der Waals surface area contributed by atoms with Crippen molar-refractivity contribution in [3.05, 3.63) is 18.2 Å². The second-order valence-electron chi connectivity index (χ2n) is 6.09. The van der Waals surface area contributed by atoms with Crippen LogP contribution >= 0.6 is 0 Å². The molecule has 0 saturated carbocycles. The van der Waals surface area contributed by atoms with Crippen LogP contribution in [0.4, 0.5) is 0 Å². The number of hydrogen-bond donors (Lipinski definition) is 1.